The molecule has 5 heteroatoms. The minimum absolute atomic E-state index is 0.133. The number of benzene rings is 1. The highest BCUT2D eigenvalue weighted by molar-refractivity contribution is 5.95. The summed E-state index contributed by atoms with van der Waals surface area (Å²) in [5, 5.41) is 16.9. The summed E-state index contributed by atoms with van der Waals surface area (Å²) >= 11 is 0. The quantitative estimate of drug-likeness (QED) is 0.892. The molecule has 0 unspecified atom stereocenters. The van der Waals surface area contributed by atoms with Gasteiger partial charge in [0, 0.05) is 5.69 Å². The fourth-order valence-corrected chi connectivity index (χ4v) is 3.32. The van der Waals surface area contributed by atoms with Crippen molar-refractivity contribution in [2.24, 2.45) is 0 Å². The van der Waals surface area contributed by atoms with Crippen molar-refractivity contribution >= 4 is 5.91 Å². The molecule has 0 spiro atoms. The van der Waals surface area contributed by atoms with Gasteiger partial charge in [-0.3, -0.25) is 9.48 Å². The minimum Gasteiger partial charge on any atom is -0.394 e. The molecule has 1 amide bonds. The molecule has 1 aliphatic rings. The fraction of sp³-hybridized carbons (Fsp3) is 0.444. The van der Waals surface area contributed by atoms with Crippen molar-refractivity contribution in [1.29, 1.82) is 0 Å². The Bertz CT molecular complexity index is 660. The lowest BCUT2D eigenvalue weighted by molar-refractivity contribution is 0.0915. The molecule has 1 aromatic carbocycles. The summed E-state index contributed by atoms with van der Waals surface area (Å²) in [6, 6.07) is 9.51. The Balaban J connectivity index is 1.75. The number of aromatic nitrogens is 2. The standard InChI is InChI=1S/C18H23N3O2/c1-13-16(11-19-21(13)15-9-5-6-10-15)18(23)20-17(12-22)14-7-3-2-4-8-14/h2-4,7-8,11,15,17,22H,5-6,9-10,12H2,1H3,(H,20,23)/t17-/m0/s1. The summed E-state index contributed by atoms with van der Waals surface area (Å²) in [4.78, 5) is 12.6. The van der Waals surface area contributed by atoms with Crippen molar-refractivity contribution in [3.05, 3.63) is 53.3 Å². The van der Waals surface area contributed by atoms with E-state index in [0.29, 0.717) is 11.6 Å². The summed E-state index contributed by atoms with van der Waals surface area (Å²) in [6.45, 7) is 1.81. The first-order valence-electron chi connectivity index (χ1n) is 8.21. The molecule has 1 aromatic heterocycles. The monoisotopic (exact) mass is 313 g/mol. The summed E-state index contributed by atoms with van der Waals surface area (Å²) in [7, 11) is 0. The second-order valence-electron chi connectivity index (χ2n) is 6.15. The van der Waals surface area contributed by atoms with Crippen LogP contribution in [-0.4, -0.2) is 27.4 Å². The van der Waals surface area contributed by atoms with Gasteiger partial charge >= 0.3 is 0 Å². The van der Waals surface area contributed by atoms with Crippen molar-refractivity contribution in [2.75, 3.05) is 6.61 Å². The lowest BCUT2D eigenvalue weighted by Gasteiger charge is -2.17. The van der Waals surface area contributed by atoms with Crippen molar-refractivity contribution < 1.29 is 9.90 Å². The molecule has 1 atom stereocenters. The van der Waals surface area contributed by atoms with Crippen molar-refractivity contribution in [1.82, 2.24) is 15.1 Å². The molecule has 0 saturated heterocycles. The van der Waals surface area contributed by atoms with Crippen LogP contribution in [0, 0.1) is 6.92 Å². The predicted molar refractivity (Wildman–Crippen MR) is 88.2 cm³/mol. The zero-order chi connectivity index (χ0) is 16.2. The number of rotatable bonds is 5. The highest BCUT2D eigenvalue weighted by Crippen LogP contribution is 2.30. The fourth-order valence-electron chi connectivity index (χ4n) is 3.32. The van der Waals surface area contributed by atoms with Crippen molar-refractivity contribution in [3.8, 4) is 0 Å². The third kappa shape index (κ3) is 3.29. The zero-order valence-electron chi connectivity index (χ0n) is 13.4. The molecular weight excluding hydrogens is 290 g/mol. The molecule has 0 aliphatic heterocycles. The molecule has 1 saturated carbocycles. The molecule has 3 rings (SSSR count). The van der Waals surface area contributed by atoms with E-state index in [1.165, 1.54) is 12.8 Å². The van der Waals surface area contributed by atoms with E-state index in [-0.39, 0.29) is 12.5 Å². The van der Waals surface area contributed by atoms with Crippen LogP contribution in [0.5, 0.6) is 0 Å². The maximum Gasteiger partial charge on any atom is 0.255 e. The summed E-state index contributed by atoms with van der Waals surface area (Å²) in [5.74, 6) is -0.186. The van der Waals surface area contributed by atoms with Crippen LogP contribution in [0.25, 0.3) is 0 Å². The number of aliphatic hydroxyl groups is 1. The van der Waals surface area contributed by atoms with Gasteiger partial charge in [-0.2, -0.15) is 5.10 Å². The molecule has 0 bridgehead atoms. The smallest absolute Gasteiger partial charge is 0.255 e. The first-order valence-corrected chi connectivity index (χ1v) is 8.21. The van der Waals surface area contributed by atoms with Gasteiger partial charge < -0.3 is 10.4 Å². The van der Waals surface area contributed by atoms with E-state index in [4.69, 9.17) is 0 Å². The van der Waals surface area contributed by atoms with Gasteiger partial charge in [-0.25, -0.2) is 0 Å². The first-order chi connectivity index (χ1) is 11.2. The average molecular weight is 313 g/mol. The van der Waals surface area contributed by atoms with Crippen LogP contribution < -0.4 is 5.32 Å². The normalized spacial score (nSPS) is 16.4. The second-order valence-corrected chi connectivity index (χ2v) is 6.15. The summed E-state index contributed by atoms with van der Waals surface area (Å²) in [5.41, 5.74) is 2.38. The molecule has 23 heavy (non-hydrogen) atoms. The third-order valence-corrected chi connectivity index (χ3v) is 4.65. The van der Waals surface area contributed by atoms with E-state index < -0.39 is 6.04 Å². The molecule has 2 aromatic rings. The lowest BCUT2D eigenvalue weighted by atomic mass is 10.1. The second kappa shape index (κ2) is 6.96. The number of hydrogen-bond acceptors (Lipinski definition) is 3. The highest BCUT2D eigenvalue weighted by atomic mass is 16.3. The predicted octanol–water partition coefficient (Wildman–Crippen LogP) is 2.77. The Morgan fingerprint density at radius 3 is 2.70 bits per heavy atom. The molecule has 0 radical (unpaired) electrons. The van der Waals surface area contributed by atoms with Crippen molar-refractivity contribution in [3.63, 3.8) is 0 Å². The first kappa shape index (κ1) is 15.7. The van der Waals surface area contributed by atoms with Crippen LogP contribution in [0.2, 0.25) is 0 Å². The van der Waals surface area contributed by atoms with E-state index in [9.17, 15) is 9.90 Å². The number of aliphatic hydroxyl groups excluding tert-OH is 1. The van der Waals surface area contributed by atoms with Gasteiger partial charge in [-0.15, -0.1) is 0 Å². The Kier molecular flexibility index (Phi) is 4.76. The highest BCUT2D eigenvalue weighted by Gasteiger charge is 2.23. The summed E-state index contributed by atoms with van der Waals surface area (Å²) < 4.78 is 1.98. The number of carbonyl (C=O) groups excluding carboxylic acids is 1. The van der Waals surface area contributed by atoms with E-state index in [2.05, 4.69) is 10.4 Å². The van der Waals surface area contributed by atoms with Gasteiger partial charge in [0.15, 0.2) is 0 Å². The molecule has 122 valence electrons. The lowest BCUT2D eigenvalue weighted by Crippen LogP contribution is -2.31. The van der Waals surface area contributed by atoms with Crippen LogP contribution in [-0.2, 0) is 0 Å². The number of nitrogens with one attached hydrogen (secondary N) is 1. The van der Waals surface area contributed by atoms with E-state index in [1.807, 2.05) is 41.9 Å². The molecule has 1 heterocycles. The van der Waals surface area contributed by atoms with Crippen LogP contribution in [0.15, 0.2) is 36.5 Å². The van der Waals surface area contributed by atoms with Crippen LogP contribution >= 0.6 is 0 Å². The molecular formula is C18H23N3O2. The van der Waals surface area contributed by atoms with Gasteiger partial charge in [-0.05, 0) is 25.3 Å². The van der Waals surface area contributed by atoms with Crippen molar-refractivity contribution in [2.45, 2.75) is 44.7 Å². The van der Waals surface area contributed by atoms with Gasteiger partial charge in [0.1, 0.15) is 0 Å². The molecule has 2 N–H and O–H groups in total. The topological polar surface area (TPSA) is 67.2 Å². The molecule has 5 nitrogen and oxygen atoms in total. The van der Waals surface area contributed by atoms with E-state index >= 15 is 0 Å². The van der Waals surface area contributed by atoms with Gasteiger partial charge in [-0.1, -0.05) is 43.2 Å². The van der Waals surface area contributed by atoms with Crippen LogP contribution in [0.4, 0.5) is 0 Å². The average Bonchev–Trinajstić information content (AvgIpc) is 3.22. The third-order valence-electron chi connectivity index (χ3n) is 4.65. The van der Waals surface area contributed by atoms with E-state index in [0.717, 1.165) is 24.1 Å². The van der Waals surface area contributed by atoms with Gasteiger partial charge in [0.25, 0.3) is 5.91 Å². The Morgan fingerprint density at radius 1 is 1.35 bits per heavy atom. The summed E-state index contributed by atoms with van der Waals surface area (Å²) in [6.07, 6.45) is 6.36. The minimum atomic E-state index is -0.405. The zero-order valence-corrected chi connectivity index (χ0v) is 13.4. The largest absolute Gasteiger partial charge is 0.394 e. The SMILES string of the molecule is Cc1c(C(=O)N[C@@H](CO)c2ccccc2)cnn1C1CCCC1. The maximum absolute atomic E-state index is 12.6. The van der Waals surface area contributed by atoms with Gasteiger partial charge in [0.05, 0.1) is 30.5 Å². The number of hydrogen-bond donors (Lipinski definition) is 2. The number of amides is 1. The Hall–Kier alpha value is -2.14. The van der Waals surface area contributed by atoms with Gasteiger partial charge in [0.2, 0.25) is 0 Å². The molecule has 1 fully saturated rings. The number of carbonyl (C=O) groups is 1. The maximum atomic E-state index is 12.6. The van der Waals surface area contributed by atoms with E-state index in [1.54, 1.807) is 6.20 Å². The number of nitrogens with zero attached hydrogens (tertiary/aromatic N) is 2. The Labute approximate surface area is 136 Å². The molecule has 1 aliphatic carbocycles. The van der Waals surface area contributed by atoms with Crippen LogP contribution in [0.1, 0.15) is 59.4 Å². The Morgan fingerprint density at radius 2 is 2.04 bits per heavy atom. The van der Waals surface area contributed by atoms with Crippen LogP contribution in [0.3, 0.4) is 0 Å².